The van der Waals surface area contributed by atoms with Crippen molar-refractivity contribution in [3.05, 3.63) is 53.1 Å². The average Bonchev–Trinajstić information content (AvgIpc) is 3.32. The van der Waals surface area contributed by atoms with Gasteiger partial charge in [-0.1, -0.05) is 18.2 Å². The molecule has 2 aromatic rings. The number of benzene rings is 2. The van der Waals surface area contributed by atoms with Gasteiger partial charge in [0, 0.05) is 39.1 Å². The fourth-order valence-electron chi connectivity index (χ4n) is 4.73. The second-order valence-corrected chi connectivity index (χ2v) is 9.63. The first-order chi connectivity index (χ1) is 19.1. The third-order valence-electron chi connectivity index (χ3n) is 6.44. The molecule has 0 bridgehead atoms. The van der Waals surface area contributed by atoms with Crippen LogP contribution in [0.2, 0.25) is 0 Å². The number of amides is 1. The summed E-state index contributed by atoms with van der Waals surface area (Å²) in [5, 5.41) is 6.10. The van der Waals surface area contributed by atoms with Crippen LogP contribution in [0.15, 0.2) is 36.4 Å². The van der Waals surface area contributed by atoms with Gasteiger partial charge in [-0.05, 0) is 62.4 Å². The number of carbonyl (C=O) groups excluding carboxylic acids is 2. The Balaban J connectivity index is 1.55. The number of halogens is 3. The van der Waals surface area contributed by atoms with Crippen LogP contribution >= 0.6 is 0 Å². The highest BCUT2D eigenvalue weighted by Crippen LogP contribution is 2.34. The van der Waals surface area contributed by atoms with Gasteiger partial charge in [0.05, 0.1) is 17.9 Å². The molecule has 3 rings (SSSR count). The summed E-state index contributed by atoms with van der Waals surface area (Å²) < 4.78 is 53.1. The van der Waals surface area contributed by atoms with E-state index in [9.17, 15) is 22.8 Å². The molecule has 1 amide bonds. The van der Waals surface area contributed by atoms with Crippen molar-refractivity contribution in [1.29, 1.82) is 0 Å². The van der Waals surface area contributed by atoms with E-state index in [-0.39, 0.29) is 36.0 Å². The zero-order valence-electron chi connectivity index (χ0n) is 23.2. The normalized spacial score (nSPS) is 13.5. The van der Waals surface area contributed by atoms with Crippen LogP contribution in [0.25, 0.3) is 0 Å². The van der Waals surface area contributed by atoms with Crippen LogP contribution < -0.4 is 25.0 Å². The van der Waals surface area contributed by atoms with E-state index in [0.29, 0.717) is 44.5 Å². The van der Waals surface area contributed by atoms with Crippen LogP contribution in [0.4, 0.5) is 18.9 Å². The molecule has 0 radical (unpaired) electrons. The van der Waals surface area contributed by atoms with Crippen molar-refractivity contribution < 1.29 is 37.0 Å². The van der Waals surface area contributed by atoms with Gasteiger partial charge < -0.3 is 29.7 Å². The predicted molar refractivity (Wildman–Crippen MR) is 146 cm³/mol. The zero-order valence-corrected chi connectivity index (χ0v) is 23.2. The third kappa shape index (κ3) is 9.32. The van der Waals surface area contributed by atoms with Crippen LogP contribution in [0.5, 0.6) is 11.5 Å². The van der Waals surface area contributed by atoms with Gasteiger partial charge in [0.25, 0.3) is 5.91 Å². The second-order valence-electron chi connectivity index (χ2n) is 9.63. The summed E-state index contributed by atoms with van der Waals surface area (Å²) in [5.41, 5.74) is 3.68. The van der Waals surface area contributed by atoms with Gasteiger partial charge >= 0.3 is 12.1 Å². The summed E-state index contributed by atoms with van der Waals surface area (Å²) in [5.74, 6) is -0.0741. The highest BCUT2D eigenvalue weighted by atomic mass is 19.4. The quantitative estimate of drug-likeness (QED) is 0.246. The molecule has 0 aromatic heterocycles. The minimum atomic E-state index is -4.43. The number of carbonyl (C=O) groups is 2. The second kappa shape index (κ2) is 14.8. The summed E-state index contributed by atoms with van der Waals surface area (Å²) >= 11 is 0. The summed E-state index contributed by atoms with van der Waals surface area (Å²) in [4.78, 5) is 26.7. The third-order valence-corrected chi connectivity index (χ3v) is 6.44. The van der Waals surface area contributed by atoms with Crippen molar-refractivity contribution in [3.63, 3.8) is 0 Å². The number of para-hydroxylation sites is 2. The number of anilines is 1. The molecule has 2 aromatic carbocycles. The van der Waals surface area contributed by atoms with Crippen LogP contribution in [0.3, 0.4) is 0 Å². The van der Waals surface area contributed by atoms with Crippen molar-refractivity contribution in [3.8, 4) is 11.5 Å². The summed E-state index contributed by atoms with van der Waals surface area (Å²) in [6.45, 7) is 4.95. The van der Waals surface area contributed by atoms with Crippen molar-refractivity contribution in [2.24, 2.45) is 0 Å². The standard InChI is InChI=1S/C29H38F3N3O5/c1-4-38-26(36)10-7-13-35-14-11-22-17-21(18-23(27(22)35)28(37)33-3)16-20(2)34-12-15-39-24-8-5-6-9-25(24)40-19-29(30,31)32/h5-6,8-9,17-18,20,34H,4,7,10-16,19H2,1-3H3,(H,33,37)/t20-/m1/s1. The van der Waals surface area contributed by atoms with E-state index in [2.05, 4.69) is 21.6 Å². The highest BCUT2D eigenvalue weighted by molar-refractivity contribution is 6.01. The molecule has 40 heavy (non-hydrogen) atoms. The molecule has 0 aliphatic carbocycles. The highest BCUT2D eigenvalue weighted by Gasteiger charge is 2.29. The van der Waals surface area contributed by atoms with Gasteiger partial charge in [0.2, 0.25) is 0 Å². The van der Waals surface area contributed by atoms with Gasteiger partial charge in [-0.2, -0.15) is 13.2 Å². The fourth-order valence-corrected chi connectivity index (χ4v) is 4.73. The first-order valence-corrected chi connectivity index (χ1v) is 13.5. The summed E-state index contributed by atoms with van der Waals surface area (Å²) in [6.07, 6.45) is -1.95. The molecule has 0 unspecified atom stereocenters. The number of hydrogen-bond acceptors (Lipinski definition) is 7. The largest absolute Gasteiger partial charge is 0.488 e. The average molecular weight is 566 g/mol. The molecule has 11 heteroatoms. The maximum atomic E-state index is 12.8. The first kappa shape index (κ1) is 31.1. The molecule has 0 saturated carbocycles. The Hall–Kier alpha value is -3.47. The van der Waals surface area contributed by atoms with E-state index in [0.717, 1.165) is 29.8 Å². The lowest BCUT2D eigenvalue weighted by Gasteiger charge is -2.23. The summed E-state index contributed by atoms with van der Waals surface area (Å²) in [6, 6.07) is 10.4. The number of nitrogens with one attached hydrogen (secondary N) is 2. The maximum absolute atomic E-state index is 12.8. The van der Waals surface area contributed by atoms with Crippen molar-refractivity contribution in [2.45, 2.75) is 51.7 Å². The van der Waals surface area contributed by atoms with E-state index in [4.69, 9.17) is 14.2 Å². The molecule has 0 saturated heterocycles. The Bertz CT molecular complexity index is 1140. The number of fused-ring (bicyclic) bond motifs is 1. The van der Waals surface area contributed by atoms with E-state index in [1.54, 1.807) is 32.2 Å². The SMILES string of the molecule is CCOC(=O)CCCN1CCc2cc(C[C@@H](C)NCCOc3ccccc3OCC(F)(F)F)cc(C(=O)NC)c21. The molecule has 2 N–H and O–H groups in total. The monoisotopic (exact) mass is 565 g/mol. The Morgan fingerprint density at radius 3 is 2.52 bits per heavy atom. The smallest absolute Gasteiger partial charge is 0.422 e. The lowest BCUT2D eigenvalue weighted by Crippen LogP contribution is -2.32. The minimum absolute atomic E-state index is 0.0441. The van der Waals surface area contributed by atoms with Crippen molar-refractivity contribution in [1.82, 2.24) is 10.6 Å². The van der Waals surface area contributed by atoms with Gasteiger partial charge in [-0.15, -0.1) is 0 Å². The van der Waals surface area contributed by atoms with Crippen LogP contribution in [-0.4, -0.2) is 70.6 Å². The van der Waals surface area contributed by atoms with E-state index in [1.807, 2.05) is 13.0 Å². The maximum Gasteiger partial charge on any atom is 0.422 e. The topological polar surface area (TPSA) is 89.1 Å². The molecule has 1 aliphatic heterocycles. The Kier molecular flexibility index (Phi) is 11.5. The first-order valence-electron chi connectivity index (χ1n) is 13.5. The Labute approximate surface area is 233 Å². The minimum Gasteiger partial charge on any atom is -0.488 e. The van der Waals surface area contributed by atoms with E-state index < -0.39 is 12.8 Å². The van der Waals surface area contributed by atoms with Crippen LogP contribution in [-0.2, 0) is 22.4 Å². The van der Waals surface area contributed by atoms with E-state index in [1.165, 1.54) is 6.07 Å². The van der Waals surface area contributed by atoms with Gasteiger partial charge in [-0.3, -0.25) is 9.59 Å². The Morgan fingerprint density at radius 2 is 1.85 bits per heavy atom. The molecule has 1 heterocycles. The predicted octanol–water partition coefficient (Wildman–Crippen LogP) is 4.29. The van der Waals surface area contributed by atoms with Crippen molar-refractivity contribution >= 4 is 17.6 Å². The van der Waals surface area contributed by atoms with Crippen molar-refractivity contribution in [2.75, 3.05) is 51.4 Å². The number of esters is 1. The molecule has 0 fully saturated rings. The lowest BCUT2D eigenvalue weighted by molar-refractivity contribution is -0.153. The number of nitrogens with zero attached hydrogens (tertiary/aromatic N) is 1. The van der Waals surface area contributed by atoms with Gasteiger partial charge in [0.1, 0.15) is 6.61 Å². The fraction of sp³-hybridized carbons (Fsp3) is 0.517. The molecule has 8 nitrogen and oxygen atoms in total. The molecule has 1 atom stereocenters. The number of rotatable bonds is 15. The van der Waals surface area contributed by atoms with E-state index >= 15 is 0 Å². The van der Waals surface area contributed by atoms with Crippen LogP contribution in [0.1, 0.15) is 48.2 Å². The molecular formula is C29H38F3N3O5. The number of ether oxygens (including phenoxy) is 3. The zero-order chi connectivity index (χ0) is 29.1. The molecule has 1 aliphatic rings. The Morgan fingerprint density at radius 1 is 1.12 bits per heavy atom. The molecular weight excluding hydrogens is 527 g/mol. The number of alkyl halides is 3. The lowest BCUT2D eigenvalue weighted by atomic mass is 9.98. The molecule has 220 valence electrons. The molecule has 0 spiro atoms. The van der Waals surface area contributed by atoms with Crippen LogP contribution in [0, 0.1) is 0 Å². The van der Waals surface area contributed by atoms with Gasteiger partial charge in [0.15, 0.2) is 18.1 Å². The summed E-state index contributed by atoms with van der Waals surface area (Å²) in [7, 11) is 1.61. The van der Waals surface area contributed by atoms with Gasteiger partial charge in [-0.25, -0.2) is 0 Å². The number of hydrogen-bond donors (Lipinski definition) is 2.